The van der Waals surface area contributed by atoms with E-state index in [1.54, 1.807) is 24.3 Å². The maximum atomic E-state index is 12.8. The largest absolute Gasteiger partial charge is 0.494 e. The minimum absolute atomic E-state index is 0.0278. The monoisotopic (exact) mass is 1100 g/mol. The molecule has 0 radical (unpaired) electrons. The van der Waals surface area contributed by atoms with E-state index in [1.807, 2.05) is 48.5 Å². The summed E-state index contributed by atoms with van der Waals surface area (Å²) >= 11 is 0. The van der Waals surface area contributed by atoms with Crippen molar-refractivity contribution in [1.29, 1.82) is 0 Å². The second-order valence-electron chi connectivity index (χ2n) is 19.7. The van der Waals surface area contributed by atoms with Gasteiger partial charge in [-0.1, -0.05) is 168 Å². The molecule has 0 saturated heterocycles. The Morgan fingerprint density at radius 1 is 0.400 bits per heavy atom. The summed E-state index contributed by atoms with van der Waals surface area (Å²) in [6, 6.07) is 39.7. The average molecular weight is 1110 g/mol. The number of rotatable bonds is 25. The van der Waals surface area contributed by atoms with Gasteiger partial charge in [-0.05, 0) is 132 Å². The van der Waals surface area contributed by atoms with Gasteiger partial charge >= 0.3 is 36.1 Å². The normalized spacial score (nSPS) is 11.2. The fraction of sp³-hybridized carbons (Fsp3) is 0.354. The molecule has 424 valence electrons. The smallest absolute Gasteiger partial charge is 0.416 e. The molecule has 0 aliphatic rings. The molecule has 0 spiro atoms. The first-order valence-electron chi connectivity index (χ1n) is 27.2. The molecule has 15 heteroatoms. The molecule has 80 heavy (non-hydrogen) atoms. The molecule has 0 aliphatic heterocycles. The first-order valence-corrected chi connectivity index (χ1v) is 27.2. The fourth-order valence-electron chi connectivity index (χ4n) is 8.60. The number of benzene rings is 6. The number of carbonyl (C=O) groups is 4. The molecule has 6 aromatic rings. The van der Waals surface area contributed by atoms with E-state index in [-0.39, 0.29) is 26.2 Å². The van der Waals surface area contributed by atoms with Crippen LogP contribution in [0.25, 0.3) is 0 Å². The molecule has 6 aromatic carbocycles. The van der Waals surface area contributed by atoms with E-state index in [2.05, 4.69) is 50.0 Å². The number of aryl methyl sites for hydroxylation is 3. The van der Waals surface area contributed by atoms with Crippen molar-refractivity contribution in [2.24, 2.45) is 0 Å². The third kappa shape index (κ3) is 22.5. The zero-order valence-corrected chi connectivity index (χ0v) is 45.4. The number of amides is 2. The summed E-state index contributed by atoms with van der Waals surface area (Å²) < 4.78 is 82.8. The topological polar surface area (TPSA) is 124 Å². The Morgan fingerprint density at radius 3 is 1.06 bits per heavy atom. The van der Waals surface area contributed by atoms with Crippen LogP contribution in [0.2, 0.25) is 0 Å². The van der Waals surface area contributed by atoms with Crippen LogP contribution in [0.5, 0.6) is 5.75 Å². The molecule has 2 amide bonds. The van der Waals surface area contributed by atoms with Crippen molar-refractivity contribution in [2.75, 3.05) is 6.61 Å². The second kappa shape index (κ2) is 32.3. The van der Waals surface area contributed by atoms with Crippen molar-refractivity contribution < 1.29 is 60.5 Å². The minimum Gasteiger partial charge on any atom is -0.494 e. The van der Waals surface area contributed by atoms with E-state index >= 15 is 0 Å². The lowest BCUT2D eigenvalue weighted by molar-refractivity contribution is -0.156. The maximum absolute atomic E-state index is 12.8. The van der Waals surface area contributed by atoms with Gasteiger partial charge in [0.1, 0.15) is 5.75 Å². The number of alkyl halides is 6. The number of unbranched alkanes of at least 4 members (excludes halogenated alkanes) is 9. The number of carbonyl (C=O) groups excluding carboxylic acids is 2. The van der Waals surface area contributed by atoms with E-state index in [1.165, 1.54) is 99.6 Å². The highest BCUT2D eigenvalue weighted by Gasteiger charge is 2.31. The lowest BCUT2D eigenvalue weighted by Gasteiger charge is -2.21. The molecular weight excluding hydrogens is 1030 g/mol. The quantitative estimate of drug-likeness (QED) is 0.0253. The SMILES string of the molecule is CCCCCCCCc1ccc(CCc2ccc(CN(Cc3ccc(C(F)(F)F)cc3)C(=O)C(=O)O)cc2)cc1.CCCCCCCOc1ccc(C#Cc2ccc(CN(Cc3ccc(C(F)(F)F)cc3)C(=O)C(=O)O)cc2)cc1. The second-order valence-corrected chi connectivity index (χ2v) is 19.7. The van der Waals surface area contributed by atoms with Crippen LogP contribution in [0.15, 0.2) is 146 Å². The van der Waals surface area contributed by atoms with Crippen LogP contribution >= 0.6 is 0 Å². The number of ether oxygens (including phenoxy) is 1. The summed E-state index contributed by atoms with van der Waals surface area (Å²) in [6.45, 7) is 4.86. The highest BCUT2D eigenvalue weighted by molar-refractivity contribution is 6.31. The van der Waals surface area contributed by atoms with Crippen LogP contribution in [-0.2, 0) is 77.0 Å². The lowest BCUT2D eigenvalue weighted by atomic mass is 10.00. The molecule has 0 aromatic heterocycles. The molecular formula is C65H70F6N2O7. The summed E-state index contributed by atoms with van der Waals surface area (Å²) in [5.74, 6) is 1.47. The molecule has 0 atom stereocenters. The number of aliphatic carboxylic acids is 2. The standard InChI is InChI=1S/C33H38F3NO3.C32H32F3NO4/c1-2-3-4-5-6-7-8-25-9-11-26(12-10-25)13-14-27-15-17-28(18-16-27)23-37(31(38)32(39)40)24-29-19-21-30(22-20-29)33(34,35)36;1-2-3-4-5-6-21-40-29-19-15-25(16-20-29)8-7-24-9-11-26(12-10-24)22-36(30(37)31(38)39)23-27-13-17-28(18-14-27)32(33,34)35/h9-12,15-22H,2-8,13-14,23-24H2,1H3,(H,39,40);9-20H,2-6,21-23H2,1H3,(H,38,39). The number of hydrogen-bond acceptors (Lipinski definition) is 5. The van der Waals surface area contributed by atoms with Crippen molar-refractivity contribution in [3.8, 4) is 17.6 Å². The molecule has 0 bridgehead atoms. The van der Waals surface area contributed by atoms with E-state index in [9.17, 15) is 55.7 Å². The molecule has 9 nitrogen and oxygen atoms in total. The fourth-order valence-corrected chi connectivity index (χ4v) is 8.60. The minimum atomic E-state index is -4.48. The van der Waals surface area contributed by atoms with Gasteiger partial charge in [0.25, 0.3) is 0 Å². The van der Waals surface area contributed by atoms with Gasteiger partial charge in [-0.25, -0.2) is 9.59 Å². The zero-order valence-electron chi connectivity index (χ0n) is 45.4. The summed E-state index contributed by atoms with van der Waals surface area (Å²) in [5.41, 5.74) is 5.90. The highest BCUT2D eigenvalue weighted by Crippen LogP contribution is 2.31. The number of carboxylic acid groups (broad SMARTS) is 2. The first kappa shape index (κ1) is 63.0. The van der Waals surface area contributed by atoms with Gasteiger partial charge in [-0.2, -0.15) is 26.3 Å². The molecule has 0 fully saturated rings. The number of hydrogen-bond donors (Lipinski definition) is 2. The van der Waals surface area contributed by atoms with Crippen LogP contribution in [-0.4, -0.2) is 50.4 Å². The third-order valence-corrected chi connectivity index (χ3v) is 13.2. The van der Waals surface area contributed by atoms with Crippen molar-refractivity contribution >= 4 is 23.8 Å². The Kier molecular flexibility index (Phi) is 25.4. The number of nitrogens with zero attached hydrogens (tertiary/aromatic N) is 2. The predicted octanol–water partition coefficient (Wildman–Crippen LogP) is 15.1. The van der Waals surface area contributed by atoms with Gasteiger partial charge in [0, 0.05) is 37.3 Å². The van der Waals surface area contributed by atoms with Gasteiger partial charge < -0.3 is 24.7 Å². The Bertz CT molecular complexity index is 2910. The van der Waals surface area contributed by atoms with E-state index < -0.39 is 47.2 Å². The van der Waals surface area contributed by atoms with Gasteiger partial charge in [0.2, 0.25) is 0 Å². The van der Waals surface area contributed by atoms with E-state index in [0.29, 0.717) is 23.3 Å². The van der Waals surface area contributed by atoms with Crippen LogP contribution in [0.4, 0.5) is 26.3 Å². The molecule has 6 rings (SSSR count). The van der Waals surface area contributed by atoms with Gasteiger partial charge in [0.05, 0.1) is 17.7 Å². The maximum Gasteiger partial charge on any atom is 0.416 e. The molecule has 2 N–H and O–H groups in total. The molecule has 0 unspecified atom stereocenters. The van der Waals surface area contributed by atoms with Gasteiger partial charge in [0.15, 0.2) is 0 Å². The van der Waals surface area contributed by atoms with Crippen LogP contribution in [0.3, 0.4) is 0 Å². The molecule has 0 saturated carbocycles. The first-order chi connectivity index (χ1) is 38.3. The van der Waals surface area contributed by atoms with Crippen LogP contribution in [0.1, 0.15) is 146 Å². The average Bonchev–Trinajstić information content (AvgIpc) is 3.44. The summed E-state index contributed by atoms with van der Waals surface area (Å²) in [5, 5.41) is 18.5. The molecule has 0 heterocycles. The van der Waals surface area contributed by atoms with Crippen LogP contribution < -0.4 is 4.74 Å². The lowest BCUT2D eigenvalue weighted by Crippen LogP contribution is -2.35. The zero-order chi connectivity index (χ0) is 57.9. The Balaban J connectivity index is 0.000000294. The van der Waals surface area contributed by atoms with Crippen molar-refractivity contribution in [3.63, 3.8) is 0 Å². The Labute approximate surface area is 465 Å². The third-order valence-electron chi connectivity index (χ3n) is 13.2. The van der Waals surface area contributed by atoms with Crippen LogP contribution in [0, 0.1) is 11.8 Å². The summed E-state index contributed by atoms with van der Waals surface area (Å²) in [7, 11) is 0. The summed E-state index contributed by atoms with van der Waals surface area (Å²) in [6.07, 6.45) is 7.59. The Hall–Kier alpha value is -7.86. The van der Waals surface area contributed by atoms with Gasteiger partial charge in [-0.15, -0.1) is 0 Å². The molecule has 0 aliphatic carbocycles. The Morgan fingerprint density at radius 2 is 0.700 bits per heavy atom. The van der Waals surface area contributed by atoms with E-state index in [0.717, 1.165) is 87.8 Å². The van der Waals surface area contributed by atoms with E-state index in [4.69, 9.17) is 4.74 Å². The number of carboxylic acids is 2. The predicted molar refractivity (Wildman–Crippen MR) is 297 cm³/mol. The highest BCUT2D eigenvalue weighted by atomic mass is 19.4. The van der Waals surface area contributed by atoms with Crippen molar-refractivity contribution in [2.45, 2.75) is 142 Å². The van der Waals surface area contributed by atoms with Crippen molar-refractivity contribution in [3.05, 3.63) is 207 Å². The summed E-state index contributed by atoms with van der Waals surface area (Å²) in [4.78, 5) is 49.4. The van der Waals surface area contributed by atoms with Crippen molar-refractivity contribution in [1.82, 2.24) is 9.80 Å². The number of halogens is 6. The van der Waals surface area contributed by atoms with Gasteiger partial charge in [-0.3, -0.25) is 9.59 Å².